The Balaban J connectivity index is 0.000000478. The number of rotatable bonds is 8. The van der Waals surface area contributed by atoms with Crippen LogP contribution in [0.5, 0.6) is 5.75 Å². The summed E-state index contributed by atoms with van der Waals surface area (Å²) in [5.74, 6) is -0.880. The Hall–Kier alpha value is -2.05. The van der Waals surface area contributed by atoms with Crippen LogP contribution < -0.4 is 9.67 Å². The van der Waals surface area contributed by atoms with Gasteiger partial charge in [0, 0.05) is 13.2 Å². The summed E-state index contributed by atoms with van der Waals surface area (Å²) in [6.45, 7) is 9.54. The van der Waals surface area contributed by atoms with E-state index in [9.17, 15) is 13.6 Å². The first-order valence-corrected chi connectivity index (χ1v) is 13.8. The van der Waals surface area contributed by atoms with Crippen molar-refractivity contribution in [3.8, 4) is 5.75 Å². The minimum atomic E-state index is -5.14. The van der Waals surface area contributed by atoms with E-state index in [1.165, 1.54) is 56.4 Å². The predicted molar refractivity (Wildman–Crippen MR) is 125 cm³/mol. The smallest absolute Gasteiger partial charge is 0.0465 e. The minimum absolute atomic E-state index is 0.225. The largest absolute Gasteiger partial charge is 0.381 e. The van der Waals surface area contributed by atoms with Gasteiger partial charge in [-0.1, -0.05) is 62.6 Å². The first-order chi connectivity index (χ1) is 14.6. The molecule has 174 valence electrons. The van der Waals surface area contributed by atoms with Crippen molar-refractivity contribution < 1.29 is 26.6 Å². The molecule has 2 aromatic carbocycles. The van der Waals surface area contributed by atoms with Crippen LogP contribution in [-0.4, -0.2) is 46.6 Å². The van der Waals surface area contributed by atoms with Crippen molar-refractivity contribution >= 4 is 30.1 Å². The molecule has 7 nitrogen and oxygen atoms in total. The maximum absolute atomic E-state index is 11.1. The molecular weight excluding hydrogens is 461 g/mol. The van der Waals surface area contributed by atoms with Gasteiger partial charge in [-0.05, 0) is 19.8 Å². The Kier molecular flexibility index (Phi) is 15.5. The van der Waals surface area contributed by atoms with E-state index in [0.717, 1.165) is 13.2 Å². The molecule has 0 aliphatic rings. The molecular formula is C23H36AsNO6. The molecule has 0 aliphatic heterocycles. The van der Waals surface area contributed by atoms with Gasteiger partial charge in [0.2, 0.25) is 0 Å². The third kappa shape index (κ3) is 14.6. The normalized spacial score (nSPS) is 10.3. The second-order valence-corrected chi connectivity index (χ2v) is 10.2. The Morgan fingerprint density at radius 1 is 0.968 bits per heavy atom. The maximum Gasteiger partial charge on any atom is 0.0465 e. The molecule has 0 fully saturated rings. The van der Waals surface area contributed by atoms with E-state index in [4.69, 9.17) is 12.9 Å². The number of aromatic hydroxyl groups is 1. The number of unbranched alkanes of at least 4 members (excludes halogenated alkanes) is 2. The summed E-state index contributed by atoms with van der Waals surface area (Å²) in [6, 6.07) is 14.0. The molecule has 0 aromatic heterocycles. The van der Waals surface area contributed by atoms with Crippen LogP contribution in [0.3, 0.4) is 0 Å². The number of amides is 1. The molecule has 1 amide bonds. The summed E-state index contributed by atoms with van der Waals surface area (Å²) in [4.78, 5) is 10.8. The van der Waals surface area contributed by atoms with Crippen LogP contribution >= 0.6 is 0 Å². The molecule has 0 saturated carbocycles. The molecule has 2 rings (SSSR count). The third-order valence-electron chi connectivity index (χ3n) is 3.86. The van der Waals surface area contributed by atoms with Gasteiger partial charge in [-0.2, -0.15) is 0 Å². The zero-order valence-corrected chi connectivity index (χ0v) is 20.8. The van der Waals surface area contributed by atoms with Crippen LogP contribution in [0.1, 0.15) is 52.0 Å². The fourth-order valence-corrected chi connectivity index (χ4v) is 3.76. The molecule has 0 spiro atoms. The Morgan fingerprint density at radius 3 is 1.90 bits per heavy atom. The van der Waals surface area contributed by atoms with Gasteiger partial charge >= 0.3 is 88.1 Å². The number of hydrogen-bond acceptors (Lipinski definition) is 4. The third-order valence-corrected chi connectivity index (χ3v) is 5.96. The molecule has 0 radical (unpaired) electrons. The van der Waals surface area contributed by atoms with Gasteiger partial charge in [0.25, 0.3) is 0 Å². The Bertz CT molecular complexity index is 786. The van der Waals surface area contributed by atoms with E-state index < -0.39 is 20.1 Å². The molecule has 0 aliphatic carbocycles. The van der Waals surface area contributed by atoms with Crippen LogP contribution in [0.15, 0.2) is 48.5 Å². The number of aryl methyl sites for hydroxylation is 1. The second kappa shape index (κ2) is 16.6. The zero-order valence-electron chi connectivity index (χ0n) is 18.9. The molecule has 2 aromatic rings. The molecule has 0 unspecified atom stereocenters. The quantitative estimate of drug-likeness (QED) is 0.252. The first kappa shape index (κ1) is 28.9. The second-order valence-electron chi connectivity index (χ2n) is 6.87. The average molecular weight is 497 g/mol. The summed E-state index contributed by atoms with van der Waals surface area (Å²) in [5.41, 5.74) is 1.10. The van der Waals surface area contributed by atoms with Crippen LogP contribution in [0, 0.1) is 6.92 Å². The van der Waals surface area contributed by atoms with Crippen molar-refractivity contribution in [1.29, 1.82) is 0 Å². The van der Waals surface area contributed by atoms with Gasteiger partial charge in [0.05, 0.1) is 0 Å². The van der Waals surface area contributed by atoms with Crippen LogP contribution in [0.4, 0.5) is 5.69 Å². The van der Waals surface area contributed by atoms with Gasteiger partial charge in [-0.25, -0.2) is 0 Å². The number of anilines is 1. The summed E-state index contributed by atoms with van der Waals surface area (Å²) in [5, 5.41) is 11.5. The summed E-state index contributed by atoms with van der Waals surface area (Å²) < 4.78 is 34.1. The van der Waals surface area contributed by atoms with Crippen molar-refractivity contribution in [2.75, 3.05) is 18.5 Å². The Morgan fingerprint density at radius 2 is 1.52 bits per heavy atom. The van der Waals surface area contributed by atoms with Gasteiger partial charge in [0.1, 0.15) is 0 Å². The minimum Gasteiger partial charge on any atom is -0.381 e. The molecule has 4 N–H and O–H groups in total. The number of phenolic OH excluding ortho intramolecular Hbond substituents is 1. The van der Waals surface area contributed by atoms with E-state index in [2.05, 4.69) is 38.2 Å². The van der Waals surface area contributed by atoms with Gasteiger partial charge in [-0.15, -0.1) is 0 Å². The number of carbonyl (C=O) groups is 1. The number of hydrogen-bond donors (Lipinski definition) is 4. The van der Waals surface area contributed by atoms with Crippen molar-refractivity contribution in [1.82, 2.24) is 0 Å². The van der Waals surface area contributed by atoms with Crippen LogP contribution in [0.2, 0.25) is 0 Å². The van der Waals surface area contributed by atoms with Crippen molar-refractivity contribution in [2.45, 2.75) is 53.4 Å². The first-order valence-electron chi connectivity index (χ1n) is 10.4. The fourth-order valence-electron chi connectivity index (χ4n) is 2.20. The maximum atomic E-state index is 11.1. The topological polar surface area (TPSA) is 116 Å². The average Bonchev–Trinajstić information content (AvgIpc) is 2.70. The van der Waals surface area contributed by atoms with Gasteiger partial charge in [-0.3, -0.25) is 0 Å². The molecule has 31 heavy (non-hydrogen) atoms. The standard InChI is InChI=1S/C8H10AsNO5.C8H18O.C7H8/c1-5(11)10-8-6(9(13,14)15)3-2-4-7(8)12;1-3-5-7-9-8-6-4-2;1-7-5-3-2-4-6-7/h2-4,12H,1H3,(H,10,11)(H2,13,14,15);3-8H2,1-2H3;2-6H,1H3. The molecule has 0 atom stereocenters. The summed E-state index contributed by atoms with van der Waals surface area (Å²) in [7, 11) is 0. The number of para-hydroxylation sites is 1. The van der Waals surface area contributed by atoms with E-state index >= 15 is 0 Å². The summed E-state index contributed by atoms with van der Waals surface area (Å²) in [6.07, 6.45) is 4.91. The van der Waals surface area contributed by atoms with Crippen LogP contribution in [0.25, 0.3) is 0 Å². The number of benzene rings is 2. The van der Waals surface area contributed by atoms with E-state index in [1.54, 1.807) is 0 Å². The molecule has 0 heterocycles. The van der Waals surface area contributed by atoms with E-state index in [-0.39, 0.29) is 15.8 Å². The molecule has 8 heteroatoms. The molecule has 0 saturated heterocycles. The monoisotopic (exact) mass is 497 g/mol. The van der Waals surface area contributed by atoms with E-state index in [0.29, 0.717) is 0 Å². The number of ether oxygens (including phenoxy) is 1. The van der Waals surface area contributed by atoms with Crippen molar-refractivity contribution in [3.63, 3.8) is 0 Å². The number of nitrogens with one attached hydrogen (secondary N) is 1. The Labute approximate surface area is 188 Å². The predicted octanol–water partition coefficient (Wildman–Crippen LogP) is 3.51. The van der Waals surface area contributed by atoms with Gasteiger partial charge < -0.3 is 4.74 Å². The number of carbonyl (C=O) groups excluding carboxylic acids is 1. The SMILES string of the molecule is CC(=O)Nc1c(O)cccc1[As](=O)(O)O.CCCCOCCCC.Cc1ccccc1. The van der Waals surface area contributed by atoms with Gasteiger partial charge in [0.15, 0.2) is 0 Å². The number of phenols is 1. The molecule has 0 bridgehead atoms. The van der Waals surface area contributed by atoms with Crippen molar-refractivity contribution in [3.05, 3.63) is 54.1 Å². The van der Waals surface area contributed by atoms with E-state index in [1.807, 2.05) is 18.2 Å². The van der Waals surface area contributed by atoms with Crippen molar-refractivity contribution in [2.24, 2.45) is 0 Å². The van der Waals surface area contributed by atoms with Crippen LogP contribution in [-0.2, 0) is 13.3 Å². The fraction of sp³-hybridized carbons (Fsp3) is 0.435. The summed E-state index contributed by atoms with van der Waals surface area (Å²) >= 11 is -5.14. The zero-order chi connectivity index (χ0) is 23.7.